The van der Waals surface area contributed by atoms with Crippen LogP contribution in [-0.4, -0.2) is 77.5 Å². The zero-order valence-corrected chi connectivity index (χ0v) is 17.8. The standard InChI is InChI=1S/C22H27N3O7/c1-3-13-4-6-14(7-5-13)10-25-18-15(23-24-25)8-12(2)9-16(18)32-22(30)20(28)19(27)17(11-26)31-21(22)29/h4-9,17,19-21,26-30H,3,10-11H2,1-2H3/t17-,19-,20+,21+,22+/m0/s1. The number of hydrogen-bond acceptors (Lipinski definition) is 9. The molecule has 0 spiro atoms. The molecular formula is C22H27N3O7. The fourth-order valence-corrected chi connectivity index (χ4v) is 3.83. The molecule has 3 aromatic rings. The fraction of sp³-hybridized carbons (Fsp3) is 0.455. The number of hydrogen-bond donors (Lipinski definition) is 5. The summed E-state index contributed by atoms with van der Waals surface area (Å²) in [6.45, 7) is 3.58. The van der Waals surface area contributed by atoms with Gasteiger partial charge in [-0.25, -0.2) is 4.68 Å². The maximum atomic E-state index is 10.9. The summed E-state index contributed by atoms with van der Waals surface area (Å²) in [6.07, 6.45) is -6.02. The molecule has 0 aliphatic carbocycles. The van der Waals surface area contributed by atoms with Gasteiger partial charge in [-0.2, -0.15) is 0 Å². The molecule has 1 aliphatic rings. The highest BCUT2D eigenvalue weighted by Crippen LogP contribution is 2.35. The molecule has 10 heteroatoms. The summed E-state index contributed by atoms with van der Waals surface area (Å²) in [5, 5.41) is 59.5. The second-order valence-electron chi connectivity index (χ2n) is 8.05. The summed E-state index contributed by atoms with van der Waals surface area (Å²) >= 11 is 0. The summed E-state index contributed by atoms with van der Waals surface area (Å²) in [5.41, 5.74) is 3.84. The Morgan fingerprint density at radius 1 is 1.12 bits per heavy atom. The zero-order valence-electron chi connectivity index (χ0n) is 17.8. The Kier molecular flexibility index (Phi) is 6.17. The van der Waals surface area contributed by atoms with E-state index in [2.05, 4.69) is 17.2 Å². The van der Waals surface area contributed by atoms with Crippen molar-refractivity contribution in [1.82, 2.24) is 15.0 Å². The summed E-state index contributed by atoms with van der Waals surface area (Å²) in [7, 11) is 0. The molecular weight excluding hydrogens is 418 g/mol. The fourth-order valence-electron chi connectivity index (χ4n) is 3.83. The lowest BCUT2D eigenvalue weighted by molar-refractivity contribution is -0.385. The molecule has 172 valence electrons. The van der Waals surface area contributed by atoms with Crippen molar-refractivity contribution in [3.05, 3.63) is 53.1 Å². The van der Waals surface area contributed by atoms with E-state index < -0.39 is 37.0 Å². The third kappa shape index (κ3) is 3.96. The highest BCUT2D eigenvalue weighted by molar-refractivity contribution is 5.82. The summed E-state index contributed by atoms with van der Waals surface area (Å²) in [4.78, 5) is 0. The van der Waals surface area contributed by atoms with Crippen LogP contribution in [0, 0.1) is 6.92 Å². The molecule has 1 aliphatic heterocycles. The summed E-state index contributed by atoms with van der Waals surface area (Å²) in [5.74, 6) is -2.60. The van der Waals surface area contributed by atoms with E-state index in [1.807, 2.05) is 24.3 Å². The van der Waals surface area contributed by atoms with E-state index >= 15 is 0 Å². The average Bonchev–Trinajstić information content (AvgIpc) is 3.18. The largest absolute Gasteiger partial charge is 0.452 e. The predicted octanol–water partition coefficient (Wildman–Crippen LogP) is -0.151. The van der Waals surface area contributed by atoms with Crippen LogP contribution < -0.4 is 4.74 Å². The number of benzene rings is 2. The zero-order chi connectivity index (χ0) is 23.0. The molecule has 0 radical (unpaired) electrons. The van der Waals surface area contributed by atoms with Crippen molar-refractivity contribution in [3.63, 3.8) is 0 Å². The maximum absolute atomic E-state index is 10.9. The van der Waals surface area contributed by atoms with Gasteiger partial charge in [-0.3, -0.25) is 0 Å². The minimum absolute atomic E-state index is 0.0917. The molecule has 32 heavy (non-hydrogen) atoms. The van der Waals surface area contributed by atoms with Crippen LogP contribution in [0.3, 0.4) is 0 Å². The van der Waals surface area contributed by atoms with Gasteiger partial charge in [0, 0.05) is 0 Å². The predicted molar refractivity (Wildman–Crippen MR) is 113 cm³/mol. The Bertz CT molecular complexity index is 1090. The number of aromatic nitrogens is 3. The van der Waals surface area contributed by atoms with Crippen molar-refractivity contribution >= 4 is 11.0 Å². The van der Waals surface area contributed by atoms with Crippen LogP contribution >= 0.6 is 0 Å². The molecule has 2 aromatic carbocycles. The van der Waals surface area contributed by atoms with Crippen molar-refractivity contribution in [3.8, 4) is 5.75 Å². The lowest BCUT2D eigenvalue weighted by atomic mass is 9.96. The first kappa shape index (κ1) is 22.6. The number of aliphatic hydroxyl groups excluding tert-OH is 4. The smallest absolute Gasteiger partial charge is 0.288 e. The summed E-state index contributed by atoms with van der Waals surface area (Å²) in [6, 6.07) is 11.4. The van der Waals surface area contributed by atoms with Gasteiger partial charge in [-0.15, -0.1) is 5.10 Å². The van der Waals surface area contributed by atoms with E-state index in [9.17, 15) is 25.5 Å². The first-order valence-electron chi connectivity index (χ1n) is 10.4. The Hall–Kier alpha value is -2.60. The van der Waals surface area contributed by atoms with Gasteiger partial charge < -0.3 is 35.0 Å². The van der Waals surface area contributed by atoms with Gasteiger partial charge in [0.1, 0.15) is 23.2 Å². The molecule has 5 atom stereocenters. The minimum atomic E-state index is -2.69. The first-order chi connectivity index (χ1) is 15.3. The first-order valence-corrected chi connectivity index (χ1v) is 10.4. The molecule has 1 fully saturated rings. The number of aliphatic hydroxyl groups is 5. The molecule has 5 N–H and O–H groups in total. The summed E-state index contributed by atoms with van der Waals surface area (Å²) < 4.78 is 12.3. The van der Waals surface area contributed by atoms with E-state index in [0.717, 1.165) is 17.5 Å². The van der Waals surface area contributed by atoms with Crippen LogP contribution in [0.25, 0.3) is 11.0 Å². The Balaban J connectivity index is 1.71. The van der Waals surface area contributed by atoms with Gasteiger partial charge in [0.05, 0.1) is 13.2 Å². The SMILES string of the molecule is CCc1ccc(Cn2nnc3cc(C)cc(O[C@@]4(O)[C@H](O)O[C@@H](CO)[C@H](O)[C@H]4O)c32)cc1. The third-order valence-corrected chi connectivity index (χ3v) is 5.72. The Morgan fingerprint density at radius 2 is 1.81 bits per heavy atom. The van der Waals surface area contributed by atoms with Crippen molar-refractivity contribution in [2.24, 2.45) is 0 Å². The van der Waals surface area contributed by atoms with E-state index in [1.54, 1.807) is 23.7 Å². The van der Waals surface area contributed by atoms with E-state index in [0.29, 0.717) is 17.6 Å². The normalized spacial score (nSPS) is 28.2. The highest BCUT2D eigenvalue weighted by atomic mass is 16.7. The molecule has 0 bridgehead atoms. The minimum Gasteiger partial charge on any atom is -0.452 e. The van der Waals surface area contributed by atoms with Crippen LogP contribution in [0.5, 0.6) is 5.75 Å². The average molecular weight is 445 g/mol. The van der Waals surface area contributed by atoms with Crippen molar-refractivity contribution in [1.29, 1.82) is 0 Å². The molecule has 0 saturated carbocycles. The van der Waals surface area contributed by atoms with Gasteiger partial charge in [0.25, 0.3) is 5.79 Å². The lowest BCUT2D eigenvalue weighted by Gasteiger charge is -2.45. The van der Waals surface area contributed by atoms with Gasteiger partial charge in [-0.1, -0.05) is 36.4 Å². The second kappa shape index (κ2) is 8.74. The molecule has 0 amide bonds. The van der Waals surface area contributed by atoms with Crippen molar-refractivity contribution in [2.75, 3.05) is 6.61 Å². The van der Waals surface area contributed by atoms with Crippen LogP contribution in [0.2, 0.25) is 0 Å². The molecule has 0 unspecified atom stereocenters. The quantitative estimate of drug-likeness (QED) is 0.326. The third-order valence-electron chi connectivity index (χ3n) is 5.72. The molecule has 10 nitrogen and oxygen atoms in total. The Morgan fingerprint density at radius 3 is 2.47 bits per heavy atom. The van der Waals surface area contributed by atoms with Gasteiger partial charge in [0.2, 0.25) is 6.29 Å². The van der Waals surface area contributed by atoms with Gasteiger partial charge in [0.15, 0.2) is 11.9 Å². The van der Waals surface area contributed by atoms with Gasteiger partial charge in [-0.05, 0) is 42.2 Å². The van der Waals surface area contributed by atoms with E-state index in [-0.39, 0.29) is 5.75 Å². The number of fused-ring (bicyclic) bond motifs is 1. The van der Waals surface area contributed by atoms with Crippen LogP contribution in [0.4, 0.5) is 0 Å². The number of aryl methyl sites for hydroxylation is 2. The van der Waals surface area contributed by atoms with E-state index in [1.165, 1.54) is 5.56 Å². The number of ether oxygens (including phenoxy) is 2. The number of nitrogens with zero attached hydrogens (tertiary/aromatic N) is 3. The Labute approximate surface area is 184 Å². The highest BCUT2D eigenvalue weighted by Gasteiger charge is 2.57. The number of rotatable bonds is 6. The topological polar surface area (TPSA) is 150 Å². The maximum Gasteiger partial charge on any atom is 0.288 e. The van der Waals surface area contributed by atoms with Crippen LogP contribution in [0.15, 0.2) is 36.4 Å². The molecule has 1 saturated heterocycles. The molecule has 1 aromatic heterocycles. The van der Waals surface area contributed by atoms with Crippen molar-refractivity contribution in [2.45, 2.75) is 57.2 Å². The van der Waals surface area contributed by atoms with Crippen LogP contribution in [-0.2, 0) is 17.7 Å². The van der Waals surface area contributed by atoms with E-state index in [4.69, 9.17) is 9.47 Å². The van der Waals surface area contributed by atoms with Crippen molar-refractivity contribution < 1.29 is 35.0 Å². The monoisotopic (exact) mass is 445 g/mol. The lowest BCUT2D eigenvalue weighted by Crippen LogP contribution is -2.69. The van der Waals surface area contributed by atoms with Crippen LogP contribution in [0.1, 0.15) is 23.6 Å². The molecule has 4 rings (SSSR count). The van der Waals surface area contributed by atoms with Gasteiger partial charge >= 0.3 is 0 Å². The second-order valence-corrected chi connectivity index (χ2v) is 8.05. The molecule has 2 heterocycles.